The molecule has 282 valence electrons. The monoisotopic (exact) mass is 714 g/mol. The van der Waals surface area contributed by atoms with Crippen LogP contribution in [-0.4, -0.2) is 69.2 Å². The number of hydrogen-bond acceptors (Lipinski definition) is 9. The Labute approximate surface area is 293 Å². The molecule has 0 amide bonds. The first kappa shape index (κ1) is 44.9. The van der Waals surface area contributed by atoms with Crippen LogP contribution in [-0.2, 0) is 32.9 Å². The highest BCUT2D eigenvalue weighted by molar-refractivity contribution is 7.46. The van der Waals surface area contributed by atoms with Crippen molar-refractivity contribution >= 4 is 25.5 Å². The minimum atomic E-state index is -4.81. The Bertz CT molecular complexity index is 1050. The highest BCUT2D eigenvalue weighted by atomic mass is 31.2. The lowest BCUT2D eigenvalue weighted by Gasteiger charge is -2.18. The molecular formula is C37H63O11P. The first-order valence-electron chi connectivity index (χ1n) is 18.4. The highest BCUT2D eigenvalue weighted by Crippen LogP contribution is 2.36. The summed E-state index contributed by atoms with van der Waals surface area (Å²) in [6, 6.07) is 0. The molecule has 1 saturated carbocycles. The Kier molecular flexibility index (Phi) is 25.3. The van der Waals surface area contributed by atoms with Gasteiger partial charge in [0.05, 0.1) is 18.8 Å². The number of unbranched alkanes of at least 4 members (excludes halogenated alkanes) is 10. The van der Waals surface area contributed by atoms with Crippen LogP contribution in [0, 0.1) is 11.8 Å². The van der Waals surface area contributed by atoms with Crippen LogP contribution in [0.2, 0.25) is 0 Å². The number of esters is 2. The number of ether oxygens (including phenoxy) is 2. The lowest BCUT2D eigenvalue weighted by molar-refractivity contribution is -0.161. The van der Waals surface area contributed by atoms with Gasteiger partial charge in [0.2, 0.25) is 0 Å². The van der Waals surface area contributed by atoms with Crippen molar-refractivity contribution in [1.82, 2.24) is 0 Å². The second-order valence-corrected chi connectivity index (χ2v) is 14.2. The molecule has 49 heavy (non-hydrogen) atoms. The van der Waals surface area contributed by atoms with Crippen LogP contribution in [0.5, 0.6) is 0 Å². The summed E-state index contributed by atoms with van der Waals surface area (Å²) in [5, 5.41) is 20.6. The largest absolute Gasteiger partial charge is 0.469 e. The van der Waals surface area contributed by atoms with Crippen LogP contribution in [0.25, 0.3) is 0 Å². The van der Waals surface area contributed by atoms with Crippen molar-refractivity contribution in [2.45, 2.75) is 154 Å². The Morgan fingerprint density at radius 1 is 0.837 bits per heavy atom. The van der Waals surface area contributed by atoms with Crippen molar-refractivity contribution in [3.8, 4) is 0 Å². The fourth-order valence-electron chi connectivity index (χ4n) is 5.63. The van der Waals surface area contributed by atoms with E-state index in [0.29, 0.717) is 32.1 Å². The maximum atomic E-state index is 12.5. The molecule has 0 radical (unpaired) electrons. The first-order valence-corrected chi connectivity index (χ1v) is 19.9. The molecular weight excluding hydrogens is 651 g/mol. The second kappa shape index (κ2) is 27.6. The summed E-state index contributed by atoms with van der Waals surface area (Å²) < 4.78 is 26.2. The molecule has 4 N–H and O–H groups in total. The normalized spacial score (nSPS) is 19.7. The van der Waals surface area contributed by atoms with Crippen LogP contribution in [0.15, 0.2) is 36.5 Å². The number of aliphatic hydroxyl groups is 2. The summed E-state index contributed by atoms with van der Waals surface area (Å²) in [5.74, 6) is -1.82. The zero-order valence-electron chi connectivity index (χ0n) is 29.8. The van der Waals surface area contributed by atoms with Gasteiger partial charge in [-0.05, 0) is 51.4 Å². The van der Waals surface area contributed by atoms with E-state index >= 15 is 0 Å². The van der Waals surface area contributed by atoms with Gasteiger partial charge in [-0.1, -0.05) is 102 Å². The molecule has 0 aliphatic heterocycles. The van der Waals surface area contributed by atoms with E-state index in [9.17, 15) is 29.2 Å². The molecule has 0 heterocycles. The van der Waals surface area contributed by atoms with E-state index in [1.54, 1.807) is 12.2 Å². The molecule has 1 aliphatic rings. The van der Waals surface area contributed by atoms with Crippen LogP contribution >= 0.6 is 7.82 Å². The first-order chi connectivity index (χ1) is 23.5. The summed E-state index contributed by atoms with van der Waals surface area (Å²) in [7, 11) is -4.81. The molecule has 0 aromatic carbocycles. The van der Waals surface area contributed by atoms with Crippen molar-refractivity contribution in [3.63, 3.8) is 0 Å². The van der Waals surface area contributed by atoms with E-state index in [-0.39, 0.29) is 43.5 Å². The average Bonchev–Trinajstić information content (AvgIpc) is 3.32. The van der Waals surface area contributed by atoms with Gasteiger partial charge < -0.3 is 29.5 Å². The molecule has 0 aromatic heterocycles. The molecule has 1 aliphatic carbocycles. The van der Waals surface area contributed by atoms with Gasteiger partial charge in [-0.15, -0.1) is 0 Å². The number of hydrogen-bond donors (Lipinski definition) is 4. The minimum Gasteiger partial charge on any atom is -0.462 e. The van der Waals surface area contributed by atoms with Crippen molar-refractivity contribution in [3.05, 3.63) is 36.5 Å². The summed E-state index contributed by atoms with van der Waals surface area (Å²) >= 11 is 0. The van der Waals surface area contributed by atoms with Crippen molar-refractivity contribution in [2.24, 2.45) is 11.8 Å². The Hall–Kier alpha value is -2.14. The maximum absolute atomic E-state index is 12.5. The second-order valence-electron chi connectivity index (χ2n) is 13.0. The Balaban J connectivity index is 2.38. The number of rotatable bonds is 29. The third-order valence-electron chi connectivity index (χ3n) is 8.50. The van der Waals surface area contributed by atoms with E-state index in [2.05, 4.69) is 30.5 Å². The molecule has 1 fully saturated rings. The molecule has 5 atom stereocenters. The number of phosphoric ester groups is 1. The summed E-state index contributed by atoms with van der Waals surface area (Å²) in [5.41, 5.74) is 0. The average molecular weight is 715 g/mol. The summed E-state index contributed by atoms with van der Waals surface area (Å²) in [6.45, 7) is 3.27. The lowest BCUT2D eigenvalue weighted by atomic mass is 9.90. The predicted molar refractivity (Wildman–Crippen MR) is 189 cm³/mol. The van der Waals surface area contributed by atoms with Crippen molar-refractivity contribution in [1.29, 1.82) is 0 Å². The van der Waals surface area contributed by atoms with Gasteiger partial charge in [-0.25, -0.2) is 4.57 Å². The number of aliphatic hydroxyl groups excluding tert-OH is 2. The van der Waals surface area contributed by atoms with E-state index in [4.69, 9.17) is 19.3 Å². The molecule has 12 heteroatoms. The van der Waals surface area contributed by atoms with Crippen molar-refractivity contribution in [2.75, 3.05) is 13.2 Å². The maximum Gasteiger partial charge on any atom is 0.469 e. The van der Waals surface area contributed by atoms with E-state index in [1.165, 1.54) is 12.8 Å². The highest BCUT2D eigenvalue weighted by Gasteiger charge is 2.39. The van der Waals surface area contributed by atoms with Crippen LogP contribution in [0.1, 0.15) is 136 Å². The lowest BCUT2D eigenvalue weighted by Crippen LogP contribution is -2.29. The number of ketones is 1. The van der Waals surface area contributed by atoms with Crippen LogP contribution in [0.3, 0.4) is 0 Å². The van der Waals surface area contributed by atoms with Gasteiger partial charge in [-0.2, -0.15) is 0 Å². The SMILES string of the molecule is CCCC/C=C\CCCCCCCC(=O)O[C@H](COC(=O)CCC/C=C\C[C@H]1C(=O)C[C@@H](O)[C@@H]1/C=C/[C@@H](O)CCCCC)COP(=O)(O)O. The fourth-order valence-corrected chi connectivity index (χ4v) is 5.99. The molecule has 0 bridgehead atoms. The Morgan fingerprint density at radius 2 is 1.47 bits per heavy atom. The van der Waals surface area contributed by atoms with Crippen LogP contribution in [0.4, 0.5) is 0 Å². The van der Waals surface area contributed by atoms with Crippen molar-refractivity contribution < 1.29 is 52.9 Å². The van der Waals surface area contributed by atoms with E-state index in [1.807, 2.05) is 12.2 Å². The fraction of sp³-hybridized carbons (Fsp3) is 0.757. The summed E-state index contributed by atoms with van der Waals surface area (Å²) in [4.78, 5) is 55.2. The van der Waals surface area contributed by atoms with Gasteiger partial charge in [0, 0.05) is 31.1 Å². The quantitative estimate of drug-likeness (QED) is 0.0267. The van der Waals surface area contributed by atoms with Gasteiger partial charge in [0.25, 0.3) is 0 Å². The predicted octanol–water partition coefficient (Wildman–Crippen LogP) is 7.21. The third-order valence-corrected chi connectivity index (χ3v) is 8.99. The molecule has 11 nitrogen and oxygen atoms in total. The number of allylic oxidation sites excluding steroid dienone is 4. The molecule has 0 saturated heterocycles. The topological polar surface area (TPSA) is 177 Å². The number of phosphoric acid groups is 1. The number of carbonyl (C=O) groups excluding carboxylic acids is 3. The van der Waals surface area contributed by atoms with Gasteiger partial charge >= 0.3 is 19.8 Å². The van der Waals surface area contributed by atoms with Crippen LogP contribution < -0.4 is 0 Å². The van der Waals surface area contributed by atoms with Gasteiger partial charge in [-0.3, -0.25) is 18.9 Å². The number of carbonyl (C=O) groups is 3. The molecule has 0 unspecified atom stereocenters. The molecule has 0 spiro atoms. The summed E-state index contributed by atoms with van der Waals surface area (Å²) in [6.07, 6.45) is 23.9. The Morgan fingerprint density at radius 3 is 2.18 bits per heavy atom. The van der Waals surface area contributed by atoms with E-state index < -0.39 is 44.7 Å². The van der Waals surface area contributed by atoms with E-state index in [0.717, 1.165) is 57.8 Å². The van der Waals surface area contributed by atoms with Gasteiger partial charge in [0.15, 0.2) is 6.10 Å². The molecule has 1 rings (SSSR count). The third kappa shape index (κ3) is 23.8. The smallest absolute Gasteiger partial charge is 0.462 e. The molecule has 0 aromatic rings. The zero-order chi connectivity index (χ0) is 36.3. The minimum absolute atomic E-state index is 0.00880. The number of Topliss-reactive ketones (excluding diaryl/α,β-unsaturated/α-hetero) is 1. The zero-order valence-corrected chi connectivity index (χ0v) is 30.7. The standard InChI is InChI=1S/C37H63O11P/c1-3-5-7-8-9-10-11-12-13-14-20-24-37(42)48-31(29-47-49(43,44)45)28-46-36(41)23-19-16-15-18-22-32-33(35(40)27-34(32)39)26-25-30(38)21-17-6-4-2/h8-9,15,18,25-26,30-33,35,38,40H,3-7,10-14,16-17,19-24,27-29H2,1-2H3,(H2,43,44,45)/b9-8-,18-15-,26-25+/t30-,31+,32+,33+,35+/m0/s1. The van der Waals surface area contributed by atoms with Gasteiger partial charge in [0.1, 0.15) is 12.4 Å².